The molecule has 2 heterocycles. The minimum Gasteiger partial charge on any atom is -0.397 e. The standard InChI is InChI=1S/C21H21ClN4O/c1-3-12-4-5-24-9-16(12)15-7-13-8-18(26-21(27)14-6-11(14)2)25-10-17(13)20(23)19(15)22/h4-5,7-11,14H,3,6,23H2,1-2H3,(H,25,26,27)/t11-,14-/m1/s1. The van der Waals surface area contributed by atoms with E-state index in [1.54, 1.807) is 12.4 Å². The van der Waals surface area contributed by atoms with E-state index in [4.69, 9.17) is 17.3 Å². The van der Waals surface area contributed by atoms with Gasteiger partial charge in [-0.2, -0.15) is 0 Å². The second-order valence-corrected chi connectivity index (χ2v) is 7.52. The van der Waals surface area contributed by atoms with Gasteiger partial charge in [0.15, 0.2) is 0 Å². The van der Waals surface area contributed by atoms with Gasteiger partial charge in [-0.3, -0.25) is 9.78 Å². The summed E-state index contributed by atoms with van der Waals surface area (Å²) in [5.41, 5.74) is 9.73. The van der Waals surface area contributed by atoms with Crippen LogP contribution >= 0.6 is 11.6 Å². The molecule has 1 aromatic carbocycles. The molecule has 0 aliphatic heterocycles. The van der Waals surface area contributed by atoms with Crippen molar-refractivity contribution in [2.24, 2.45) is 11.8 Å². The van der Waals surface area contributed by atoms with E-state index in [0.29, 0.717) is 22.4 Å². The van der Waals surface area contributed by atoms with Gasteiger partial charge in [-0.1, -0.05) is 25.4 Å². The number of anilines is 2. The first-order chi connectivity index (χ1) is 13.0. The Hall–Kier alpha value is -2.66. The molecule has 1 fully saturated rings. The Kier molecular flexibility index (Phi) is 4.48. The molecule has 2 aromatic heterocycles. The normalized spacial score (nSPS) is 18.5. The molecule has 1 saturated carbocycles. The highest BCUT2D eigenvalue weighted by atomic mass is 35.5. The van der Waals surface area contributed by atoms with Crippen molar-refractivity contribution in [2.45, 2.75) is 26.7 Å². The van der Waals surface area contributed by atoms with Gasteiger partial charge in [0, 0.05) is 41.0 Å². The molecule has 3 aromatic rings. The number of carbonyl (C=O) groups excluding carboxylic acids is 1. The van der Waals surface area contributed by atoms with Crippen LogP contribution < -0.4 is 11.1 Å². The molecule has 2 atom stereocenters. The Morgan fingerprint density at radius 3 is 2.81 bits per heavy atom. The van der Waals surface area contributed by atoms with Crippen molar-refractivity contribution in [3.8, 4) is 11.1 Å². The number of amides is 1. The van der Waals surface area contributed by atoms with Crippen LogP contribution in [0.1, 0.15) is 25.8 Å². The van der Waals surface area contributed by atoms with Crippen LogP contribution in [0.5, 0.6) is 0 Å². The molecule has 4 rings (SSSR count). The first kappa shape index (κ1) is 17.7. The number of nitrogen functional groups attached to an aromatic ring is 1. The Morgan fingerprint density at radius 1 is 1.33 bits per heavy atom. The Labute approximate surface area is 163 Å². The van der Waals surface area contributed by atoms with Gasteiger partial charge in [-0.05, 0) is 47.9 Å². The van der Waals surface area contributed by atoms with Crippen LogP contribution in [0.15, 0.2) is 36.8 Å². The molecule has 0 saturated heterocycles. The van der Waals surface area contributed by atoms with Crippen LogP contribution in [-0.2, 0) is 11.2 Å². The van der Waals surface area contributed by atoms with E-state index in [-0.39, 0.29) is 11.8 Å². The Morgan fingerprint density at radius 2 is 2.11 bits per heavy atom. The fourth-order valence-corrected chi connectivity index (χ4v) is 3.70. The molecule has 1 amide bonds. The fourth-order valence-electron chi connectivity index (χ4n) is 3.44. The zero-order valence-corrected chi connectivity index (χ0v) is 16.0. The number of fused-ring (bicyclic) bond motifs is 1. The second-order valence-electron chi connectivity index (χ2n) is 7.14. The number of aromatic nitrogens is 2. The van der Waals surface area contributed by atoms with Gasteiger partial charge in [0.1, 0.15) is 5.82 Å². The van der Waals surface area contributed by atoms with E-state index in [1.165, 1.54) is 0 Å². The van der Waals surface area contributed by atoms with Crippen LogP contribution in [0.3, 0.4) is 0 Å². The highest BCUT2D eigenvalue weighted by Gasteiger charge is 2.39. The van der Waals surface area contributed by atoms with Crippen LogP contribution in [-0.4, -0.2) is 15.9 Å². The number of carbonyl (C=O) groups is 1. The number of rotatable bonds is 4. The highest BCUT2D eigenvalue weighted by molar-refractivity contribution is 6.37. The van der Waals surface area contributed by atoms with Gasteiger partial charge in [-0.15, -0.1) is 0 Å². The van der Waals surface area contributed by atoms with E-state index in [9.17, 15) is 4.79 Å². The minimum atomic E-state index is 0.0250. The van der Waals surface area contributed by atoms with Crippen molar-refractivity contribution in [1.29, 1.82) is 0 Å². The van der Waals surface area contributed by atoms with Gasteiger partial charge in [0.25, 0.3) is 0 Å². The SMILES string of the molecule is CCc1ccncc1-c1cc2cc(NC(=O)[C@@H]3C[C@H]3C)ncc2c(N)c1Cl. The van der Waals surface area contributed by atoms with Crippen molar-refractivity contribution in [1.82, 2.24) is 9.97 Å². The summed E-state index contributed by atoms with van der Waals surface area (Å²) in [6.07, 6.45) is 7.05. The summed E-state index contributed by atoms with van der Waals surface area (Å²) in [7, 11) is 0. The summed E-state index contributed by atoms with van der Waals surface area (Å²) >= 11 is 6.58. The third-order valence-electron chi connectivity index (χ3n) is 5.28. The molecule has 1 aliphatic carbocycles. The van der Waals surface area contributed by atoms with Gasteiger partial charge >= 0.3 is 0 Å². The number of benzene rings is 1. The number of pyridine rings is 2. The fraction of sp³-hybridized carbons (Fsp3) is 0.286. The average Bonchev–Trinajstić information content (AvgIpc) is 3.41. The third kappa shape index (κ3) is 3.23. The first-order valence-corrected chi connectivity index (χ1v) is 9.49. The quantitative estimate of drug-likeness (QED) is 0.643. The lowest BCUT2D eigenvalue weighted by atomic mass is 9.97. The van der Waals surface area contributed by atoms with Gasteiger partial charge < -0.3 is 11.1 Å². The number of halogens is 1. The van der Waals surface area contributed by atoms with E-state index < -0.39 is 0 Å². The largest absolute Gasteiger partial charge is 0.397 e. The predicted molar refractivity (Wildman–Crippen MR) is 110 cm³/mol. The maximum absolute atomic E-state index is 12.2. The lowest BCUT2D eigenvalue weighted by Gasteiger charge is -2.14. The van der Waals surface area contributed by atoms with E-state index in [0.717, 1.165) is 40.3 Å². The summed E-state index contributed by atoms with van der Waals surface area (Å²) in [4.78, 5) is 20.8. The van der Waals surface area contributed by atoms with Crippen molar-refractivity contribution in [2.75, 3.05) is 11.1 Å². The van der Waals surface area contributed by atoms with Crippen molar-refractivity contribution in [3.63, 3.8) is 0 Å². The van der Waals surface area contributed by atoms with Gasteiger partial charge in [0.2, 0.25) is 5.91 Å². The molecule has 27 heavy (non-hydrogen) atoms. The van der Waals surface area contributed by atoms with Crippen molar-refractivity contribution < 1.29 is 4.79 Å². The lowest BCUT2D eigenvalue weighted by Crippen LogP contribution is -2.15. The molecular formula is C21H21ClN4O. The number of hydrogen-bond acceptors (Lipinski definition) is 4. The second kappa shape index (κ2) is 6.82. The molecule has 5 nitrogen and oxygen atoms in total. The summed E-state index contributed by atoms with van der Waals surface area (Å²) in [6.45, 7) is 4.17. The van der Waals surface area contributed by atoms with E-state index >= 15 is 0 Å². The number of aryl methyl sites for hydroxylation is 1. The first-order valence-electron chi connectivity index (χ1n) is 9.11. The Balaban J connectivity index is 1.79. The lowest BCUT2D eigenvalue weighted by molar-refractivity contribution is -0.117. The monoisotopic (exact) mass is 380 g/mol. The highest BCUT2D eigenvalue weighted by Crippen LogP contribution is 2.40. The predicted octanol–water partition coefficient (Wildman–Crippen LogP) is 4.69. The minimum absolute atomic E-state index is 0.0250. The molecular weight excluding hydrogens is 360 g/mol. The molecule has 0 bridgehead atoms. The molecule has 138 valence electrons. The van der Waals surface area contributed by atoms with Crippen LogP contribution in [0.25, 0.3) is 21.9 Å². The topological polar surface area (TPSA) is 80.9 Å². The van der Waals surface area contributed by atoms with Gasteiger partial charge in [0.05, 0.1) is 10.7 Å². The van der Waals surface area contributed by atoms with Crippen LogP contribution in [0, 0.1) is 11.8 Å². The summed E-state index contributed by atoms with van der Waals surface area (Å²) in [5.74, 6) is 1.10. The van der Waals surface area contributed by atoms with E-state index in [2.05, 4.69) is 29.1 Å². The van der Waals surface area contributed by atoms with Crippen molar-refractivity contribution >= 4 is 39.8 Å². The van der Waals surface area contributed by atoms with Crippen LogP contribution in [0.2, 0.25) is 5.02 Å². The molecule has 1 aliphatic rings. The van der Waals surface area contributed by atoms with E-state index in [1.807, 2.05) is 24.4 Å². The summed E-state index contributed by atoms with van der Waals surface area (Å²) < 4.78 is 0. The molecule has 6 heteroatoms. The number of nitrogens with zero attached hydrogens (tertiary/aromatic N) is 2. The van der Waals surface area contributed by atoms with Gasteiger partial charge in [-0.25, -0.2) is 4.98 Å². The molecule has 0 radical (unpaired) electrons. The zero-order valence-electron chi connectivity index (χ0n) is 15.3. The third-order valence-corrected chi connectivity index (χ3v) is 5.69. The maximum Gasteiger partial charge on any atom is 0.228 e. The maximum atomic E-state index is 12.2. The number of nitrogens with one attached hydrogen (secondary N) is 1. The molecule has 0 unspecified atom stereocenters. The number of nitrogens with two attached hydrogens (primary N) is 1. The van der Waals surface area contributed by atoms with Crippen LogP contribution in [0.4, 0.5) is 11.5 Å². The zero-order chi connectivity index (χ0) is 19.1. The average molecular weight is 381 g/mol. The molecule has 0 spiro atoms. The summed E-state index contributed by atoms with van der Waals surface area (Å²) in [5, 5.41) is 5.05. The number of hydrogen-bond donors (Lipinski definition) is 2. The summed E-state index contributed by atoms with van der Waals surface area (Å²) in [6, 6.07) is 5.82. The Bertz CT molecular complexity index is 1050. The molecule has 3 N–H and O–H groups in total. The smallest absolute Gasteiger partial charge is 0.228 e. The van der Waals surface area contributed by atoms with Crippen molar-refractivity contribution in [3.05, 3.63) is 47.4 Å².